The fourth-order valence-corrected chi connectivity index (χ4v) is 5.23. The van der Waals surface area contributed by atoms with Gasteiger partial charge in [-0.3, -0.25) is 4.57 Å². The van der Waals surface area contributed by atoms with Crippen LogP contribution in [0.15, 0.2) is 72.8 Å². The number of anilines is 1. The highest BCUT2D eigenvalue weighted by atomic mass is 16.5. The number of pyridine rings is 1. The van der Waals surface area contributed by atoms with Gasteiger partial charge in [0, 0.05) is 44.4 Å². The summed E-state index contributed by atoms with van der Waals surface area (Å²) in [6, 6.07) is 25.1. The van der Waals surface area contributed by atoms with E-state index >= 15 is 0 Å². The molecule has 1 aliphatic rings. The molecule has 212 valence electrons. The number of methoxy groups -OCH3 is 1. The molecule has 2 atom stereocenters. The van der Waals surface area contributed by atoms with E-state index in [1.807, 2.05) is 54.6 Å². The monoisotopic (exact) mass is 542 g/mol. The highest BCUT2D eigenvalue weighted by Gasteiger charge is 2.27. The van der Waals surface area contributed by atoms with Crippen LogP contribution in [-0.2, 0) is 9.47 Å². The molecule has 3 heterocycles. The summed E-state index contributed by atoms with van der Waals surface area (Å²) in [6.45, 7) is 8.29. The van der Waals surface area contributed by atoms with E-state index in [0.29, 0.717) is 25.2 Å². The van der Waals surface area contributed by atoms with E-state index in [0.717, 1.165) is 66.4 Å². The fourth-order valence-electron chi connectivity index (χ4n) is 5.23. The molecule has 5 rings (SSSR count). The Bertz CT molecular complexity index is 1350. The largest absolute Gasteiger partial charge is 0.382 e. The van der Waals surface area contributed by atoms with Crippen LogP contribution in [0.2, 0.25) is 0 Å². The summed E-state index contributed by atoms with van der Waals surface area (Å²) in [4.78, 5) is 12.6. The molecule has 0 radical (unpaired) electrons. The van der Waals surface area contributed by atoms with E-state index in [9.17, 15) is 0 Å². The van der Waals surface area contributed by atoms with Gasteiger partial charge in [-0.05, 0) is 43.0 Å². The summed E-state index contributed by atoms with van der Waals surface area (Å²) in [5.74, 6) is 1.28. The van der Waals surface area contributed by atoms with Gasteiger partial charge in [0.05, 0.1) is 35.6 Å². The molecule has 0 spiro atoms. The first-order valence-corrected chi connectivity index (χ1v) is 14.4. The normalized spacial score (nSPS) is 16.4. The van der Waals surface area contributed by atoms with Gasteiger partial charge in [-0.2, -0.15) is 0 Å². The average molecular weight is 543 g/mol. The molecule has 3 N–H and O–H groups in total. The minimum atomic E-state index is -0.474. The summed E-state index contributed by atoms with van der Waals surface area (Å²) < 4.78 is 14.0. The molecule has 4 aromatic rings. The van der Waals surface area contributed by atoms with E-state index in [2.05, 4.69) is 46.8 Å². The maximum Gasteiger partial charge on any atom is 0.206 e. The molecule has 1 aliphatic heterocycles. The Kier molecular flexibility index (Phi) is 9.44. The third kappa shape index (κ3) is 6.70. The molecule has 0 saturated carbocycles. The van der Waals surface area contributed by atoms with Crippen molar-refractivity contribution in [2.75, 3.05) is 45.3 Å². The summed E-state index contributed by atoms with van der Waals surface area (Å²) in [5, 5.41) is 3.78. The molecule has 0 amide bonds. The number of nitrogens with two attached hydrogens (primary N) is 1. The second kappa shape index (κ2) is 13.4. The van der Waals surface area contributed by atoms with Gasteiger partial charge in [0.25, 0.3) is 0 Å². The number of benzene rings is 2. The Morgan fingerprint density at radius 2 is 1.68 bits per heavy atom. The van der Waals surface area contributed by atoms with Crippen LogP contribution in [0.3, 0.4) is 0 Å². The van der Waals surface area contributed by atoms with Crippen molar-refractivity contribution in [3.8, 4) is 11.3 Å². The average Bonchev–Trinajstić information content (AvgIpc) is 3.34. The summed E-state index contributed by atoms with van der Waals surface area (Å²) in [7, 11) is 1.69. The molecule has 1 fully saturated rings. The van der Waals surface area contributed by atoms with Crippen LogP contribution in [0.5, 0.6) is 0 Å². The molecular weight excluding hydrogens is 500 g/mol. The maximum atomic E-state index is 6.50. The van der Waals surface area contributed by atoms with Crippen LogP contribution in [-0.4, -0.2) is 71.5 Å². The number of rotatable bonds is 12. The predicted octanol–water partition coefficient (Wildman–Crippen LogP) is 5.17. The maximum absolute atomic E-state index is 6.50. The number of likely N-dealkylation sites (tertiary alicyclic amines) is 1. The molecule has 8 nitrogen and oxygen atoms in total. The number of nitrogens with zero attached hydrogens (tertiary/aromatic N) is 4. The number of hydrogen-bond donors (Lipinski definition) is 2. The third-order valence-electron chi connectivity index (χ3n) is 7.73. The minimum absolute atomic E-state index is 0.206. The van der Waals surface area contributed by atoms with Crippen LogP contribution in [0.25, 0.3) is 22.3 Å². The molecule has 1 saturated heterocycles. The fraction of sp³-hybridized carbons (Fsp3) is 0.438. The molecule has 8 heteroatoms. The Hall–Kier alpha value is -3.30. The highest BCUT2D eigenvalue weighted by molar-refractivity contribution is 5.79. The van der Waals surface area contributed by atoms with Gasteiger partial charge in [0.1, 0.15) is 0 Å². The summed E-state index contributed by atoms with van der Waals surface area (Å²) >= 11 is 0. The van der Waals surface area contributed by atoms with Crippen molar-refractivity contribution in [2.45, 2.75) is 45.0 Å². The number of para-hydroxylation sites is 2. The van der Waals surface area contributed by atoms with Crippen LogP contribution in [0.1, 0.15) is 38.6 Å². The lowest BCUT2D eigenvalue weighted by Crippen LogP contribution is -2.46. The first kappa shape index (κ1) is 28.2. The lowest BCUT2D eigenvalue weighted by molar-refractivity contribution is 0.00189. The zero-order chi connectivity index (χ0) is 27.9. The van der Waals surface area contributed by atoms with Crippen molar-refractivity contribution in [3.63, 3.8) is 0 Å². The summed E-state index contributed by atoms with van der Waals surface area (Å²) in [6.07, 6.45) is 1.59. The SMILES string of the molecule is COCCOC(c1cccc(-c2ccccc2)n1)n1c(NC2CCN(CC(N)C(C)C)CC2)nc2ccccc21. The van der Waals surface area contributed by atoms with Crippen molar-refractivity contribution in [1.82, 2.24) is 19.4 Å². The van der Waals surface area contributed by atoms with E-state index in [1.54, 1.807) is 7.11 Å². The first-order valence-electron chi connectivity index (χ1n) is 14.4. The van der Waals surface area contributed by atoms with E-state index in [1.165, 1.54) is 0 Å². The number of ether oxygens (including phenoxy) is 2. The molecular formula is C32H42N6O2. The molecule has 2 unspecified atom stereocenters. The van der Waals surface area contributed by atoms with Gasteiger partial charge in [0.2, 0.25) is 5.95 Å². The molecule has 0 bridgehead atoms. The smallest absolute Gasteiger partial charge is 0.206 e. The van der Waals surface area contributed by atoms with Crippen LogP contribution < -0.4 is 11.1 Å². The Balaban J connectivity index is 1.45. The zero-order valence-electron chi connectivity index (χ0n) is 23.9. The van der Waals surface area contributed by atoms with E-state index < -0.39 is 6.23 Å². The molecule has 2 aromatic carbocycles. The number of fused-ring (bicyclic) bond motifs is 1. The number of imidazole rings is 1. The van der Waals surface area contributed by atoms with Gasteiger partial charge in [-0.25, -0.2) is 9.97 Å². The van der Waals surface area contributed by atoms with Crippen molar-refractivity contribution in [2.24, 2.45) is 11.7 Å². The van der Waals surface area contributed by atoms with Gasteiger partial charge in [-0.15, -0.1) is 0 Å². The van der Waals surface area contributed by atoms with Gasteiger partial charge in [0.15, 0.2) is 6.23 Å². The zero-order valence-corrected chi connectivity index (χ0v) is 23.9. The minimum Gasteiger partial charge on any atom is -0.382 e. The Morgan fingerprint density at radius 3 is 2.42 bits per heavy atom. The van der Waals surface area contributed by atoms with E-state index in [-0.39, 0.29) is 6.04 Å². The Labute approximate surface area is 237 Å². The van der Waals surface area contributed by atoms with Crippen molar-refractivity contribution in [3.05, 3.63) is 78.5 Å². The number of nitrogens with one attached hydrogen (secondary N) is 1. The molecule has 0 aliphatic carbocycles. The first-order chi connectivity index (χ1) is 19.5. The highest BCUT2D eigenvalue weighted by Crippen LogP contribution is 2.31. The van der Waals surface area contributed by atoms with Crippen LogP contribution in [0, 0.1) is 5.92 Å². The van der Waals surface area contributed by atoms with Crippen LogP contribution in [0.4, 0.5) is 5.95 Å². The Morgan fingerprint density at radius 1 is 0.925 bits per heavy atom. The summed E-state index contributed by atoms with van der Waals surface area (Å²) in [5.41, 5.74) is 11.1. The lowest BCUT2D eigenvalue weighted by Gasteiger charge is -2.35. The second-order valence-corrected chi connectivity index (χ2v) is 11.0. The molecule has 2 aromatic heterocycles. The lowest BCUT2D eigenvalue weighted by atomic mass is 10.0. The van der Waals surface area contributed by atoms with Crippen LogP contribution >= 0.6 is 0 Å². The number of aromatic nitrogens is 3. The van der Waals surface area contributed by atoms with Crippen molar-refractivity contribution in [1.29, 1.82) is 0 Å². The van der Waals surface area contributed by atoms with Gasteiger partial charge < -0.3 is 25.4 Å². The predicted molar refractivity (Wildman–Crippen MR) is 161 cm³/mol. The van der Waals surface area contributed by atoms with Crippen molar-refractivity contribution >= 4 is 17.0 Å². The standard InChI is InChI=1S/C32H42N6O2/c1-23(2)26(33)22-37-18-16-25(17-19-37)34-32-36-28-12-7-8-15-30(28)38(32)31(40-21-20-39-3)29-14-9-13-27(35-29)24-10-5-4-6-11-24/h4-15,23,25-26,31H,16-22,33H2,1-3H3,(H,34,36). The quantitative estimate of drug-likeness (QED) is 0.239. The number of hydrogen-bond acceptors (Lipinski definition) is 7. The van der Waals surface area contributed by atoms with Gasteiger partial charge in [-0.1, -0.05) is 62.4 Å². The second-order valence-electron chi connectivity index (χ2n) is 11.0. The van der Waals surface area contributed by atoms with Crippen molar-refractivity contribution < 1.29 is 9.47 Å². The van der Waals surface area contributed by atoms with E-state index in [4.69, 9.17) is 25.2 Å². The molecule has 40 heavy (non-hydrogen) atoms. The third-order valence-corrected chi connectivity index (χ3v) is 7.73. The van der Waals surface area contributed by atoms with Gasteiger partial charge >= 0.3 is 0 Å². The number of piperidine rings is 1. The topological polar surface area (TPSA) is 90.5 Å².